The lowest BCUT2D eigenvalue weighted by atomic mass is 9.93. The molecule has 5 nitrogen and oxygen atoms in total. The third-order valence-corrected chi connectivity index (χ3v) is 3.66. The molecule has 6 heteroatoms. The third kappa shape index (κ3) is 1.75. The molecular formula is C13H11BN2O3. The van der Waals surface area contributed by atoms with Crippen molar-refractivity contribution in [3.63, 3.8) is 0 Å². The predicted molar refractivity (Wildman–Crippen MR) is 67.6 cm³/mol. The summed E-state index contributed by atoms with van der Waals surface area (Å²) in [7, 11) is 5.70. The van der Waals surface area contributed by atoms with Gasteiger partial charge in [-0.25, -0.2) is 0 Å². The highest BCUT2D eigenvalue weighted by atomic mass is 16.2. The molecule has 0 aliphatic carbocycles. The molecule has 1 unspecified atom stereocenters. The van der Waals surface area contributed by atoms with Crippen LogP contribution in [0.15, 0.2) is 18.2 Å². The van der Waals surface area contributed by atoms with E-state index in [0.29, 0.717) is 36.8 Å². The molecule has 1 aromatic carbocycles. The van der Waals surface area contributed by atoms with E-state index < -0.39 is 6.17 Å². The van der Waals surface area contributed by atoms with Gasteiger partial charge < -0.3 is 4.90 Å². The number of carbonyl (C=O) groups excluding carboxylic acids is 3. The molecule has 19 heavy (non-hydrogen) atoms. The average Bonchev–Trinajstić information content (AvgIpc) is 2.90. The maximum absolute atomic E-state index is 12.3. The molecule has 0 aromatic heterocycles. The number of fused-ring (bicyclic) bond motifs is 1. The van der Waals surface area contributed by atoms with Gasteiger partial charge in [0.1, 0.15) is 14.0 Å². The Bertz CT molecular complexity index is 587. The molecular weight excluding hydrogens is 243 g/mol. The predicted octanol–water partition coefficient (Wildman–Crippen LogP) is -0.459. The monoisotopic (exact) mass is 254 g/mol. The van der Waals surface area contributed by atoms with E-state index in [4.69, 9.17) is 7.85 Å². The van der Waals surface area contributed by atoms with Gasteiger partial charge in [0, 0.05) is 18.5 Å². The minimum atomic E-state index is -0.467. The van der Waals surface area contributed by atoms with E-state index in [1.54, 1.807) is 23.1 Å². The minimum Gasteiger partial charge on any atom is -0.313 e. The smallest absolute Gasteiger partial charge is 0.256 e. The first-order valence-corrected chi connectivity index (χ1v) is 6.07. The van der Waals surface area contributed by atoms with Crippen molar-refractivity contribution in [3.8, 4) is 0 Å². The summed E-state index contributed by atoms with van der Waals surface area (Å²) >= 11 is 0. The molecule has 1 fully saturated rings. The van der Waals surface area contributed by atoms with Crippen molar-refractivity contribution in [2.45, 2.75) is 25.6 Å². The Morgan fingerprint density at radius 1 is 1.32 bits per heavy atom. The molecule has 0 bridgehead atoms. The van der Waals surface area contributed by atoms with Gasteiger partial charge in [-0.3, -0.25) is 19.3 Å². The van der Waals surface area contributed by atoms with Crippen LogP contribution in [0.5, 0.6) is 0 Å². The average molecular weight is 254 g/mol. The highest BCUT2D eigenvalue weighted by Gasteiger charge is 2.40. The molecule has 3 rings (SSSR count). The van der Waals surface area contributed by atoms with Crippen LogP contribution in [0.3, 0.4) is 0 Å². The standard InChI is InChI=1S/C13H11BN2O3/c14-9-1-2-10-8(5-9)6-15(13(10)19)11-3-4-12(18)16(11)7-17/h1-2,5,7,11H,3-4,6H2. The lowest BCUT2D eigenvalue weighted by molar-refractivity contribution is -0.138. The second kappa shape index (κ2) is 4.22. The van der Waals surface area contributed by atoms with E-state index in [9.17, 15) is 14.4 Å². The number of rotatable bonds is 2. The van der Waals surface area contributed by atoms with Crippen molar-refractivity contribution >= 4 is 31.5 Å². The van der Waals surface area contributed by atoms with Gasteiger partial charge in [-0.15, -0.1) is 0 Å². The first-order valence-electron chi connectivity index (χ1n) is 6.07. The quantitative estimate of drug-likeness (QED) is 0.530. The van der Waals surface area contributed by atoms with Gasteiger partial charge in [0.05, 0.1) is 0 Å². The Hall–Kier alpha value is -2.11. The third-order valence-electron chi connectivity index (χ3n) is 3.66. The lowest BCUT2D eigenvalue weighted by Gasteiger charge is -2.28. The van der Waals surface area contributed by atoms with Crippen LogP contribution >= 0.6 is 0 Å². The van der Waals surface area contributed by atoms with E-state index in [-0.39, 0.29) is 11.8 Å². The van der Waals surface area contributed by atoms with Crippen molar-refractivity contribution < 1.29 is 14.4 Å². The Morgan fingerprint density at radius 3 is 2.84 bits per heavy atom. The Balaban J connectivity index is 1.91. The van der Waals surface area contributed by atoms with Crippen molar-refractivity contribution in [1.29, 1.82) is 0 Å². The summed E-state index contributed by atoms with van der Waals surface area (Å²) in [6, 6.07) is 5.13. The molecule has 2 aliphatic heterocycles. The number of hydrogen-bond donors (Lipinski definition) is 0. The number of amides is 3. The highest BCUT2D eigenvalue weighted by molar-refractivity contribution is 6.32. The zero-order chi connectivity index (χ0) is 13.6. The molecule has 2 heterocycles. The maximum atomic E-state index is 12.3. The van der Waals surface area contributed by atoms with Crippen molar-refractivity contribution in [2.24, 2.45) is 0 Å². The van der Waals surface area contributed by atoms with E-state index in [2.05, 4.69) is 0 Å². The molecule has 0 saturated carbocycles. The van der Waals surface area contributed by atoms with Crippen molar-refractivity contribution in [2.75, 3.05) is 0 Å². The molecule has 0 spiro atoms. The summed E-state index contributed by atoms with van der Waals surface area (Å²) in [4.78, 5) is 37.5. The molecule has 0 N–H and O–H groups in total. The van der Waals surface area contributed by atoms with E-state index in [1.807, 2.05) is 0 Å². The number of imide groups is 1. The number of benzene rings is 1. The fraction of sp³-hybridized carbons (Fsp3) is 0.308. The van der Waals surface area contributed by atoms with Gasteiger partial charge in [0.15, 0.2) is 0 Å². The SMILES string of the molecule is [B]c1ccc2c(c1)CN(C1CCC(=O)N1C=O)C2=O. The summed E-state index contributed by atoms with van der Waals surface area (Å²) in [5.74, 6) is -0.384. The van der Waals surface area contributed by atoms with E-state index in [1.165, 1.54) is 0 Å². The van der Waals surface area contributed by atoms with Crippen molar-refractivity contribution in [1.82, 2.24) is 9.80 Å². The summed E-state index contributed by atoms with van der Waals surface area (Å²) in [6.45, 7) is 0.390. The fourth-order valence-corrected chi connectivity index (χ4v) is 2.73. The normalized spacial score (nSPS) is 22.0. The van der Waals surface area contributed by atoms with Crippen molar-refractivity contribution in [3.05, 3.63) is 29.3 Å². The molecule has 1 aromatic rings. The van der Waals surface area contributed by atoms with Gasteiger partial charge in [0.2, 0.25) is 12.3 Å². The van der Waals surface area contributed by atoms with E-state index in [0.717, 1.165) is 10.5 Å². The van der Waals surface area contributed by atoms with Crippen LogP contribution < -0.4 is 5.46 Å². The van der Waals surface area contributed by atoms with Crippen LogP contribution in [0.4, 0.5) is 0 Å². The van der Waals surface area contributed by atoms with Crippen LogP contribution in [-0.2, 0) is 16.1 Å². The summed E-state index contributed by atoms with van der Waals surface area (Å²) in [5.41, 5.74) is 2.04. The van der Waals surface area contributed by atoms with Crippen LogP contribution in [0, 0.1) is 0 Å². The fourth-order valence-electron chi connectivity index (χ4n) is 2.73. The van der Waals surface area contributed by atoms with Gasteiger partial charge in [0.25, 0.3) is 5.91 Å². The zero-order valence-electron chi connectivity index (χ0n) is 10.2. The van der Waals surface area contributed by atoms with Gasteiger partial charge in [-0.1, -0.05) is 17.6 Å². The Morgan fingerprint density at radius 2 is 2.11 bits per heavy atom. The summed E-state index contributed by atoms with van der Waals surface area (Å²) in [5, 5.41) is 0. The van der Waals surface area contributed by atoms with E-state index >= 15 is 0 Å². The lowest BCUT2D eigenvalue weighted by Crippen LogP contribution is -2.45. The summed E-state index contributed by atoms with van der Waals surface area (Å²) < 4.78 is 0. The Labute approximate surface area is 111 Å². The molecule has 1 atom stereocenters. The number of hydrogen-bond acceptors (Lipinski definition) is 3. The van der Waals surface area contributed by atoms with Crippen LogP contribution in [0.2, 0.25) is 0 Å². The highest BCUT2D eigenvalue weighted by Crippen LogP contribution is 2.29. The van der Waals surface area contributed by atoms with Gasteiger partial charge >= 0.3 is 0 Å². The molecule has 1 saturated heterocycles. The first-order chi connectivity index (χ1) is 9.11. The topological polar surface area (TPSA) is 57.7 Å². The van der Waals surface area contributed by atoms with Gasteiger partial charge in [-0.2, -0.15) is 0 Å². The second-order valence-corrected chi connectivity index (χ2v) is 4.78. The largest absolute Gasteiger partial charge is 0.313 e. The Kier molecular flexibility index (Phi) is 2.66. The molecule has 2 aliphatic rings. The van der Waals surface area contributed by atoms with Crippen LogP contribution in [0.25, 0.3) is 0 Å². The number of carbonyl (C=O) groups is 3. The summed E-state index contributed by atoms with van der Waals surface area (Å²) in [6.07, 6.45) is 0.828. The van der Waals surface area contributed by atoms with Crippen LogP contribution in [0.1, 0.15) is 28.8 Å². The number of nitrogens with zero attached hydrogens (tertiary/aromatic N) is 2. The second-order valence-electron chi connectivity index (χ2n) is 4.78. The first kappa shape index (κ1) is 12.0. The maximum Gasteiger partial charge on any atom is 0.256 e. The van der Waals surface area contributed by atoms with Gasteiger partial charge in [-0.05, 0) is 18.1 Å². The minimum absolute atomic E-state index is 0.151. The zero-order valence-corrected chi connectivity index (χ0v) is 10.2. The molecule has 94 valence electrons. The van der Waals surface area contributed by atoms with Crippen LogP contribution in [-0.4, -0.2) is 42.0 Å². The number of likely N-dealkylation sites (tertiary alicyclic amines) is 1. The molecule has 3 amide bonds. The molecule has 2 radical (unpaired) electrons.